The van der Waals surface area contributed by atoms with Gasteiger partial charge in [-0.05, 0) is 39.9 Å². The molecular weight excluding hydrogens is 242 g/mol. The van der Waals surface area contributed by atoms with Gasteiger partial charge in [-0.25, -0.2) is 0 Å². The molecule has 0 spiro atoms. The average molecular weight is 265 g/mol. The zero-order valence-electron chi connectivity index (χ0n) is 12.4. The van der Waals surface area contributed by atoms with Crippen molar-refractivity contribution in [1.29, 1.82) is 0 Å². The highest BCUT2D eigenvalue weighted by Gasteiger charge is 2.21. The maximum Gasteiger partial charge on any atom is 0.303 e. The molecule has 0 radical (unpaired) electrons. The van der Waals surface area contributed by atoms with Crippen LogP contribution in [0.1, 0.15) is 35.6 Å². The molecule has 0 aliphatic carbocycles. The van der Waals surface area contributed by atoms with Crippen LogP contribution in [0.5, 0.6) is 5.75 Å². The van der Waals surface area contributed by atoms with E-state index in [0.717, 1.165) is 22.4 Å². The number of hydrogen-bond donors (Lipinski definition) is 1. The molecule has 1 aromatic carbocycles. The molecule has 1 aromatic rings. The van der Waals surface area contributed by atoms with Crippen molar-refractivity contribution in [2.24, 2.45) is 0 Å². The lowest BCUT2D eigenvalue weighted by atomic mass is 9.95. The first-order chi connectivity index (χ1) is 8.86. The summed E-state index contributed by atoms with van der Waals surface area (Å²) in [6.45, 7) is 4.05. The summed E-state index contributed by atoms with van der Waals surface area (Å²) in [4.78, 5) is 12.8. The van der Waals surface area contributed by atoms with Gasteiger partial charge in [-0.1, -0.05) is 17.7 Å². The van der Waals surface area contributed by atoms with Gasteiger partial charge in [0.05, 0.1) is 7.11 Å². The molecule has 1 unspecified atom stereocenters. The van der Waals surface area contributed by atoms with Crippen molar-refractivity contribution in [2.45, 2.75) is 32.7 Å². The number of rotatable bonds is 6. The molecule has 0 saturated carbocycles. The van der Waals surface area contributed by atoms with Crippen LogP contribution in [-0.4, -0.2) is 37.2 Å². The number of ether oxygens (including phenoxy) is 1. The molecule has 0 amide bonds. The van der Waals surface area contributed by atoms with Crippen molar-refractivity contribution < 1.29 is 14.6 Å². The summed E-state index contributed by atoms with van der Waals surface area (Å²) in [7, 11) is 5.58. The van der Waals surface area contributed by atoms with E-state index in [1.807, 2.05) is 32.8 Å². The molecule has 1 N–H and O–H groups in total. The molecule has 19 heavy (non-hydrogen) atoms. The van der Waals surface area contributed by atoms with E-state index in [1.165, 1.54) is 0 Å². The van der Waals surface area contributed by atoms with E-state index in [0.29, 0.717) is 6.42 Å². The van der Waals surface area contributed by atoms with Crippen molar-refractivity contribution in [3.63, 3.8) is 0 Å². The Labute approximate surface area is 115 Å². The van der Waals surface area contributed by atoms with Gasteiger partial charge in [-0.3, -0.25) is 4.79 Å². The third kappa shape index (κ3) is 3.96. The fourth-order valence-corrected chi connectivity index (χ4v) is 2.47. The maximum absolute atomic E-state index is 10.8. The minimum absolute atomic E-state index is 0.0460. The molecule has 1 rings (SSSR count). The number of aryl methyl sites for hydroxylation is 2. The van der Waals surface area contributed by atoms with Crippen molar-refractivity contribution in [3.8, 4) is 5.75 Å². The molecule has 0 saturated heterocycles. The van der Waals surface area contributed by atoms with E-state index in [9.17, 15) is 4.79 Å². The van der Waals surface area contributed by atoms with Crippen LogP contribution in [0.2, 0.25) is 0 Å². The van der Waals surface area contributed by atoms with Gasteiger partial charge in [0.15, 0.2) is 0 Å². The molecule has 4 heteroatoms. The topological polar surface area (TPSA) is 49.8 Å². The van der Waals surface area contributed by atoms with E-state index in [2.05, 4.69) is 12.1 Å². The first kappa shape index (κ1) is 15.5. The summed E-state index contributed by atoms with van der Waals surface area (Å²) < 4.78 is 5.49. The van der Waals surface area contributed by atoms with Gasteiger partial charge in [0, 0.05) is 18.0 Å². The molecule has 0 fully saturated rings. The summed E-state index contributed by atoms with van der Waals surface area (Å²) in [5.41, 5.74) is 3.31. The Morgan fingerprint density at radius 1 is 1.37 bits per heavy atom. The van der Waals surface area contributed by atoms with Crippen molar-refractivity contribution in [2.75, 3.05) is 21.2 Å². The Morgan fingerprint density at radius 3 is 2.47 bits per heavy atom. The van der Waals surface area contributed by atoms with E-state index in [-0.39, 0.29) is 12.5 Å². The molecule has 106 valence electrons. The highest BCUT2D eigenvalue weighted by molar-refractivity contribution is 5.66. The van der Waals surface area contributed by atoms with Crippen LogP contribution in [0.15, 0.2) is 12.1 Å². The molecule has 1 atom stereocenters. The van der Waals surface area contributed by atoms with Crippen LogP contribution in [0.25, 0.3) is 0 Å². The second-order valence-corrected chi connectivity index (χ2v) is 5.12. The van der Waals surface area contributed by atoms with Crippen LogP contribution >= 0.6 is 0 Å². The molecule has 4 nitrogen and oxygen atoms in total. The number of aliphatic carboxylic acids is 1. The van der Waals surface area contributed by atoms with E-state index in [1.54, 1.807) is 7.11 Å². The zero-order chi connectivity index (χ0) is 14.6. The normalized spacial score (nSPS) is 12.5. The van der Waals surface area contributed by atoms with Gasteiger partial charge in [0.1, 0.15) is 5.75 Å². The third-order valence-electron chi connectivity index (χ3n) is 3.27. The quantitative estimate of drug-likeness (QED) is 0.859. The Hall–Kier alpha value is -1.55. The van der Waals surface area contributed by atoms with Crippen molar-refractivity contribution in [3.05, 3.63) is 28.8 Å². The smallest absolute Gasteiger partial charge is 0.303 e. The van der Waals surface area contributed by atoms with E-state index < -0.39 is 5.97 Å². The lowest BCUT2D eigenvalue weighted by molar-refractivity contribution is -0.137. The maximum atomic E-state index is 10.8. The number of carboxylic acids is 1. The third-order valence-corrected chi connectivity index (χ3v) is 3.27. The van der Waals surface area contributed by atoms with Crippen molar-refractivity contribution >= 4 is 5.97 Å². The van der Waals surface area contributed by atoms with E-state index in [4.69, 9.17) is 9.84 Å². The molecule has 0 heterocycles. The van der Waals surface area contributed by atoms with Gasteiger partial charge in [0.2, 0.25) is 0 Å². The first-order valence-corrected chi connectivity index (χ1v) is 6.40. The molecule has 0 bridgehead atoms. The Morgan fingerprint density at radius 2 is 2.00 bits per heavy atom. The molecule has 0 aliphatic rings. The van der Waals surface area contributed by atoms with Gasteiger partial charge >= 0.3 is 5.97 Å². The number of carboxylic acid groups (broad SMARTS) is 1. The second kappa shape index (κ2) is 6.57. The predicted octanol–water partition coefficient (Wildman–Crippen LogP) is 2.78. The number of carbonyl (C=O) groups is 1. The summed E-state index contributed by atoms with van der Waals surface area (Å²) in [6, 6.07) is 4.20. The fourth-order valence-electron chi connectivity index (χ4n) is 2.47. The lowest BCUT2D eigenvalue weighted by Gasteiger charge is -2.27. The van der Waals surface area contributed by atoms with Crippen molar-refractivity contribution in [1.82, 2.24) is 4.90 Å². The largest absolute Gasteiger partial charge is 0.496 e. The Balaban J connectivity index is 3.17. The molecule has 0 aliphatic heterocycles. The Kier molecular flexibility index (Phi) is 5.36. The van der Waals surface area contributed by atoms with Gasteiger partial charge < -0.3 is 14.7 Å². The fraction of sp³-hybridized carbons (Fsp3) is 0.533. The van der Waals surface area contributed by atoms with Gasteiger partial charge in [-0.2, -0.15) is 0 Å². The van der Waals surface area contributed by atoms with Gasteiger partial charge in [-0.15, -0.1) is 0 Å². The zero-order valence-corrected chi connectivity index (χ0v) is 12.4. The minimum Gasteiger partial charge on any atom is -0.496 e. The lowest BCUT2D eigenvalue weighted by Crippen LogP contribution is -2.22. The van der Waals surface area contributed by atoms with E-state index >= 15 is 0 Å². The SMILES string of the molecule is COc1c(C)cc(C)cc1C(CCC(=O)O)N(C)C. The van der Waals surface area contributed by atoms with Crippen LogP contribution in [0.4, 0.5) is 0 Å². The average Bonchev–Trinajstić information content (AvgIpc) is 2.27. The molecule has 0 aromatic heterocycles. The highest BCUT2D eigenvalue weighted by atomic mass is 16.5. The van der Waals surface area contributed by atoms with Crippen LogP contribution in [0, 0.1) is 13.8 Å². The number of nitrogens with zero attached hydrogens (tertiary/aromatic N) is 1. The Bertz CT molecular complexity index is 455. The monoisotopic (exact) mass is 265 g/mol. The summed E-state index contributed by atoms with van der Waals surface area (Å²) in [6.07, 6.45) is 0.723. The standard InChI is InChI=1S/C15H23NO3/c1-10-8-11(2)15(19-5)12(9-10)13(16(3)4)6-7-14(17)18/h8-9,13H,6-7H2,1-5H3,(H,17,18). The minimum atomic E-state index is -0.768. The predicted molar refractivity (Wildman–Crippen MR) is 75.8 cm³/mol. The number of benzene rings is 1. The van der Waals surface area contributed by atoms with Crippen LogP contribution in [-0.2, 0) is 4.79 Å². The number of hydrogen-bond acceptors (Lipinski definition) is 3. The second-order valence-electron chi connectivity index (χ2n) is 5.12. The highest BCUT2D eigenvalue weighted by Crippen LogP contribution is 2.34. The summed E-state index contributed by atoms with van der Waals surface area (Å²) in [5.74, 6) is 0.0879. The number of methoxy groups -OCH3 is 1. The molecular formula is C15H23NO3. The van der Waals surface area contributed by atoms with Crippen LogP contribution < -0.4 is 4.74 Å². The summed E-state index contributed by atoms with van der Waals surface area (Å²) in [5, 5.41) is 8.88. The summed E-state index contributed by atoms with van der Waals surface area (Å²) >= 11 is 0. The first-order valence-electron chi connectivity index (χ1n) is 6.40. The van der Waals surface area contributed by atoms with Crippen LogP contribution in [0.3, 0.4) is 0 Å². The van der Waals surface area contributed by atoms with Gasteiger partial charge in [0.25, 0.3) is 0 Å².